The van der Waals surface area contributed by atoms with Gasteiger partial charge >= 0.3 is 0 Å². The minimum absolute atomic E-state index is 0.0630. The Balaban J connectivity index is 2.46. The molecule has 1 aromatic heterocycles. The van der Waals surface area contributed by atoms with Crippen LogP contribution in [0.5, 0.6) is 0 Å². The van der Waals surface area contributed by atoms with Crippen molar-refractivity contribution in [2.75, 3.05) is 19.0 Å². The molecule has 0 saturated heterocycles. The lowest BCUT2D eigenvalue weighted by atomic mass is 10.5. The van der Waals surface area contributed by atoms with Crippen LogP contribution in [-0.4, -0.2) is 19.6 Å². The normalized spacial score (nSPS) is 9.83. The average Bonchev–Trinajstić information content (AvgIpc) is 2.36. The number of ether oxygens (including phenoxy) is 1. The second-order valence-electron chi connectivity index (χ2n) is 2.12. The average molecular weight is 206 g/mol. The molecule has 0 unspecified atom stereocenters. The Morgan fingerprint density at radius 2 is 2.58 bits per heavy atom. The van der Waals surface area contributed by atoms with E-state index in [-0.39, 0.29) is 12.5 Å². The molecule has 66 valence electrons. The number of nitrogens with one attached hydrogen (secondary N) is 1. The summed E-state index contributed by atoms with van der Waals surface area (Å²) < 4.78 is 5.30. The van der Waals surface area contributed by atoms with Crippen LogP contribution in [-0.2, 0) is 9.53 Å². The van der Waals surface area contributed by atoms with Gasteiger partial charge in [0, 0.05) is 12.5 Å². The van der Waals surface area contributed by atoms with E-state index < -0.39 is 0 Å². The lowest BCUT2D eigenvalue weighted by Gasteiger charge is -1.99. The fourth-order valence-electron chi connectivity index (χ4n) is 0.704. The molecular weight excluding hydrogens is 198 g/mol. The standard InChI is InChI=1S/C7H8ClNO2S/c1-11-3-7(10)9-5-2-6(8)12-4-5/h2,4H,3H2,1H3,(H,9,10). The third-order valence-corrected chi connectivity index (χ3v) is 2.22. The summed E-state index contributed by atoms with van der Waals surface area (Å²) in [7, 11) is 1.47. The van der Waals surface area contributed by atoms with Gasteiger partial charge < -0.3 is 10.1 Å². The number of hydrogen-bond donors (Lipinski definition) is 1. The van der Waals surface area contributed by atoms with Crippen LogP contribution in [0.1, 0.15) is 0 Å². The summed E-state index contributed by atoms with van der Waals surface area (Å²) in [5, 5.41) is 4.40. The molecule has 1 aromatic rings. The third kappa shape index (κ3) is 2.81. The van der Waals surface area contributed by atoms with Gasteiger partial charge in [-0.25, -0.2) is 0 Å². The van der Waals surface area contributed by atoms with E-state index in [9.17, 15) is 4.79 Å². The van der Waals surface area contributed by atoms with Crippen molar-refractivity contribution in [2.45, 2.75) is 0 Å². The Bertz CT molecular complexity index is 274. The molecule has 0 fully saturated rings. The predicted molar refractivity (Wildman–Crippen MR) is 49.8 cm³/mol. The van der Waals surface area contributed by atoms with Crippen LogP contribution in [0.15, 0.2) is 11.4 Å². The molecule has 0 aliphatic rings. The summed E-state index contributed by atoms with van der Waals surface area (Å²) in [6, 6.07) is 1.69. The van der Waals surface area contributed by atoms with E-state index in [1.165, 1.54) is 18.4 Å². The summed E-state index contributed by atoms with van der Waals surface area (Å²) in [5.74, 6) is -0.174. The molecule has 0 bridgehead atoms. The molecule has 0 aromatic carbocycles. The van der Waals surface area contributed by atoms with Gasteiger partial charge in [-0.2, -0.15) is 0 Å². The van der Waals surface area contributed by atoms with Crippen molar-refractivity contribution in [1.29, 1.82) is 0 Å². The minimum Gasteiger partial charge on any atom is -0.375 e. The minimum atomic E-state index is -0.174. The molecule has 1 amide bonds. The number of rotatable bonds is 3. The van der Waals surface area contributed by atoms with Crippen molar-refractivity contribution in [1.82, 2.24) is 0 Å². The molecule has 12 heavy (non-hydrogen) atoms. The summed E-state index contributed by atoms with van der Waals surface area (Å²) >= 11 is 7.03. The molecule has 0 saturated carbocycles. The summed E-state index contributed by atoms with van der Waals surface area (Å²) in [6.45, 7) is 0.0630. The van der Waals surface area contributed by atoms with Gasteiger partial charge in [0.2, 0.25) is 5.91 Å². The molecule has 0 radical (unpaired) electrons. The van der Waals surface area contributed by atoms with E-state index in [1.54, 1.807) is 11.4 Å². The molecule has 1 heterocycles. The van der Waals surface area contributed by atoms with Crippen molar-refractivity contribution in [2.24, 2.45) is 0 Å². The molecule has 1 N–H and O–H groups in total. The monoisotopic (exact) mass is 205 g/mol. The van der Waals surface area contributed by atoms with E-state index in [0.29, 0.717) is 10.0 Å². The van der Waals surface area contributed by atoms with Gasteiger partial charge in [-0.3, -0.25) is 4.79 Å². The topological polar surface area (TPSA) is 38.3 Å². The number of carbonyl (C=O) groups is 1. The van der Waals surface area contributed by atoms with Crippen molar-refractivity contribution >= 4 is 34.5 Å². The zero-order valence-corrected chi connectivity index (χ0v) is 8.04. The molecule has 3 nitrogen and oxygen atoms in total. The molecule has 0 spiro atoms. The molecule has 1 rings (SSSR count). The van der Waals surface area contributed by atoms with Gasteiger partial charge in [0.05, 0.1) is 10.0 Å². The summed E-state index contributed by atoms with van der Waals surface area (Å²) in [4.78, 5) is 10.9. The molecule has 0 atom stereocenters. The van der Waals surface area contributed by atoms with Gasteiger partial charge in [-0.15, -0.1) is 11.3 Å². The first kappa shape index (κ1) is 9.51. The first-order valence-corrected chi connectivity index (χ1v) is 4.51. The van der Waals surface area contributed by atoms with Crippen LogP contribution in [0.3, 0.4) is 0 Å². The number of carbonyl (C=O) groups excluding carboxylic acids is 1. The molecule has 5 heteroatoms. The van der Waals surface area contributed by atoms with E-state index in [4.69, 9.17) is 11.6 Å². The first-order chi connectivity index (χ1) is 5.72. The number of halogens is 1. The fourth-order valence-corrected chi connectivity index (χ4v) is 1.52. The highest BCUT2D eigenvalue weighted by molar-refractivity contribution is 7.14. The van der Waals surface area contributed by atoms with Gasteiger partial charge in [-0.1, -0.05) is 11.6 Å². The number of thiophene rings is 1. The maximum Gasteiger partial charge on any atom is 0.250 e. The van der Waals surface area contributed by atoms with Crippen LogP contribution in [0, 0.1) is 0 Å². The molecule has 0 aliphatic carbocycles. The lowest BCUT2D eigenvalue weighted by molar-refractivity contribution is -0.119. The van der Waals surface area contributed by atoms with Gasteiger partial charge in [0.25, 0.3) is 0 Å². The summed E-state index contributed by atoms with van der Waals surface area (Å²) in [5.41, 5.74) is 0.715. The zero-order valence-electron chi connectivity index (χ0n) is 6.46. The molecule has 0 aliphatic heterocycles. The van der Waals surface area contributed by atoms with Crippen LogP contribution in [0.4, 0.5) is 5.69 Å². The quantitative estimate of drug-likeness (QED) is 0.820. The highest BCUT2D eigenvalue weighted by Gasteiger charge is 2.02. The van der Waals surface area contributed by atoms with Crippen LogP contribution in [0.25, 0.3) is 0 Å². The van der Waals surface area contributed by atoms with E-state index in [2.05, 4.69) is 10.1 Å². The maximum absolute atomic E-state index is 10.9. The highest BCUT2D eigenvalue weighted by atomic mass is 35.5. The SMILES string of the molecule is COCC(=O)Nc1csc(Cl)c1. The zero-order chi connectivity index (χ0) is 8.97. The third-order valence-electron chi connectivity index (χ3n) is 1.13. The van der Waals surface area contributed by atoms with Gasteiger partial charge in [0.15, 0.2) is 0 Å². The largest absolute Gasteiger partial charge is 0.375 e. The van der Waals surface area contributed by atoms with Crippen LogP contribution < -0.4 is 5.32 Å². The van der Waals surface area contributed by atoms with Crippen molar-refractivity contribution in [3.05, 3.63) is 15.8 Å². The smallest absolute Gasteiger partial charge is 0.250 e. The Morgan fingerprint density at radius 3 is 3.08 bits per heavy atom. The van der Waals surface area contributed by atoms with Crippen molar-refractivity contribution in [3.8, 4) is 0 Å². The van der Waals surface area contributed by atoms with Gasteiger partial charge in [-0.05, 0) is 6.07 Å². The first-order valence-electron chi connectivity index (χ1n) is 3.25. The Labute approximate surface area is 79.3 Å². The van der Waals surface area contributed by atoms with Crippen molar-refractivity contribution < 1.29 is 9.53 Å². The fraction of sp³-hybridized carbons (Fsp3) is 0.286. The maximum atomic E-state index is 10.9. The Kier molecular flexibility index (Phi) is 3.52. The lowest BCUT2D eigenvalue weighted by Crippen LogP contribution is -2.16. The second-order valence-corrected chi connectivity index (χ2v) is 3.66. The predicted octanol–water partition coefficient (Wildman–Crippen LogP) is 1.99. The number of methoxy groups -OCH3 is 1. The van der Waals surface area contributed by atoms with Crippen LogP contribution >= 0.6 is 22.9 Å². The second kappa shape index (κ2) is 4.45. The van der Waals surface area contributed by atoms with E-state index in [1.807, 2.05) is 0 Å². The van der Waals surface area contributed by atoms with E-state index >= 15 is 0 Å². The number of anilines is 1. The van der Waals surface area contributed by atoms with E-state index in [0.717, 1.165) is 0 Å². The number of amides is 1. The summed E-state index contributed by atoms with van der Waals surface area (Å²) in [6.07, 6.45) is 0. The highest BCUT2D eigenvalue weighted by Crippen LogP contribution is 2.23. The molecular formula is C7H8ClNO2S. The van der Waals surface area contributed by atoms with Crippen LogP contribution in [0.2, 0.25) is 4.34 Å². The Hall–Kier alpha value is -0.580. The Morgan fingerprint density at radius 1 is 1.83 bits per heavy atom. The van der Waals surface area contributed by atoms with Gasteiger partial charge in [0.1, 0.15) is 6.61 Å². The van der Waals surface area contributed by atoms with Crippen molar-refractivity contribution in [3.63, 3.8) is 0 Å². The number of hydrogen-bond acceptors (Lipinski definition) is 3.